The summed E-state index contributed by atoms with van der Waals surface area (Å²) in [6, 6.07) is 13.1. The van der Waals surface area contributed by atoms with Gasteiger partial charge < -0.3 is 9.26 Å². The number of ether oxygens (including phenoxy) is 1. The molecule has 1 aliphatic carbocycles. The first-order chi connectivity index (χ1) is 15.2. The molecule has 31 heavy (non-hydrogen) atoms. The summed E-state index contributed by atoms with van der Waals surface area (Å²) < 4.78 is 24.3. The molecule has 0 atom stereocenters. The van der Waals surface area contributed by atoms with Crippen LogP contribution in [0.15, 0.2) is 47.0 Å². The monoisotopic (exact) mass is 422 g/mol. The molecular formula is C26H31FN2O2. The normalized spacial score (nSPS) is 18.8. The number of hydrogen-bond donors (Lipinski definition) is 0. The molecule has 0 unspecified atom stereocenters. The molecule has 0 radical (unpaired) electrons. The highest BCUT2D eigenvalue weighted by molar-refractivity contribution is 5.60. The minimum absolute atomic E-state index is 0.189. The van der Waals surface area contributed by atoms with Crippen LogP contribution in [0.5, 0.6) is 5.75 Å². The first kappa shape index (κ1) is 21.5. The van der Waals surface area contributed by atoms with E-state index in [4.69, 9.17) is 9.26 Å². The van der Waals surface area contributed by atoms with Gasteiger partial charge in [0.2, 0.25) is 5.82 Å². The maximum Gasteiger partial charge on any atom is 0.258 e. The van der Waals surface area contributed by atoms with E-state index in [9.17, 15) is 4.39 Å². The lowest BCUT2D eigenvalue weighted by molar-refractivity contribution is 0.303. The Hall–Kier alpha value is -2.69. The Balaban J connectivity index is 1.39. The topological polar surface area (TPSA) is 48.2 Å². The number of halogens is 1. The van der Waals surface area contributed by atoms with Crippen LogP contribution in [0.3, 0.4) is 0 Å². The van der Waals surface area contributed by atoms with Gasteiger partial charge in [0.25, 0.3) is 5.89 Å². The lowest BCUT2D eigenvalue weighted by atomic mass is 9.77. The first-order valence-corrected chi connectivity index (χ1v) is 11.5. The minimum atomic E-state index is -0.454. The molecule has 4 rings (SSSR count). The predicted octanol–water partition coefficient (Wildman–Crippen LogP) is 7.41. The third-order valence-corrected chi connectivity index (χ3v) is 6.53. The lowest BCUT2D eigenvalue weighted by Crippen LogP contribution is -2.13. The van der Waals surface area contributed by atoms with E-state index < -0.39 is 5.82 Å². The fourth-order valence-electron chi connectivity index (χ4n) is 4.63. The molecule has 1 aliphatic rings. The zero-order valence-electron chi connectivity index (χ0n) is 18.4. The van der Waals surface area contributed by atoms with E-state index >= 15 is 0 Å². The summed E-state index contributed by atoms with van der Waals surface area (Å²) in [5.41, 5.74) is 2.84. The molecule has 3 aromatic rings. The van der Waals surface area contributed by atoms with Gasteiger partial charge in [0.1, 0.15) is 0 Å². The number of benzene rings is 2. The summed E-state index contributed by atoms with van der Waals surface area (Å²) >= 11 is 0. The number of unbranched alkanes of at least 4 members (excludes halogenated alkanes) is 2. The van der Waals surface area contributed by atoms with Gasteiger partial charge in [-0.3, -0.25) is 0 Å². The predicted molar refractivity (Wildman–Crippen MR) is 121 cm³/mol. The van der Waals surface area contributed by atoms with Crippen LogP contribution in [0, 0.1) is 11.7 Å². The van der Waals surface area contributed by atoms with E-state index in [1.807, 2.05) is 0 Å². The summed E-state index contributed by atoms with van der Waals surface area (Å²) in [7, 11) is 1.44. The van der Waals surface area contributed by atoms with Crippen molar-refractivity contribution >= 4 is 0 Å². The quantitative estimate of drug-likeness (QED) is 0.355. The molecule has 1 saturated carbocycles. The largest absolute Gasteiger partial charge is 0.494 e. The maximum absolute atomic E-state index is 14.0. The van der Waals surface area contributed by atoms with Crippen molar-refractivity contribution in [2.24, 2.45) is 5.92 Å². The molecule has 1 heterocycles. The lowest BCUT2D eigenvalue weighted by Gasteiger charge is -2.29. The van der Waals surface area contributed by atoms with Crippen molar-refractivity contribution in [2.75, 3.05) is 7.11 Å². The summed E-state index contributed by atoms with van der Waals surface area (Å²) in [5.74, 6) is 2.11. The zero-order chi connectivity index (χ0) is 21.6. The van der Waals surface area contributed by atoms with Gasteiger partial charge in [0, 0.05) is 11.1 Å². The van der Waals surface area contributed by atoms with Gasteiger partial charge in [-0.25, -0.2) is 4.39 Å². The van der Waals surface area contributed by atoms with E-state index in [1.165, 1.54) is 70.1 Å². The number of rotatable bonds is 8. The van der Waals surface area contributed by atoms with Crippen LogP contribution in [0.1, 0.15) is 69.8 Å². The Kier molecular flexibility index (Phi) is 7.00. The highest BCUT2D eigenvalue weighted by Gasteiger charge is 2.22. The van der Waals surface area contributed by atoms with Crippen molar-refractivity contribution < 1.29 is 13.7 Å². The molecule has 2 aromatic carbocycles. The molecule has 5 heteroatoms. The molecule has 164 valence electrons. The summed E-state index contributed by atoms with van der Waals surface area (Å²) in [6.45, 7) is 2.27. The molecule has 0 spiro atoms. The van der Waals surface area contributed by atoms with E-state index in [0.29, 0.717) is 23.2 Å². The van der Waals surface area contributed by atoms with Crippen molar-refractivity contribution in [1.29, 1.82) is 0 Å². The van der Waals surface area contributed by atoms with E-state index in [2.05, 4.69) is 41.3 Å². The average molecular weight is 423 g/mol. The summed E-state index contributed by atoms with van der Waals surface area (Å²) in [4.78, 5) is 4.45. The van der Waals surface area contributed by atoms with Crippen LogP contribution >= 0.6 is 0 Å². The number of hydrogen-bond acceptors (Lipinski definition) is 4. The highest BCUT2D eigenvalue weighted by Crippen LogP contribution is 2.38. The van der Waals surface area contributed by atoms with Crippen LogP contribution < -0.4 is 4.74 Å². The fourth-order valence-corrected chi connectivity index (χ4v) is 4.63. The summed E-state index contributed by atoms with van der Waals surface area (Å²) in [5, 5.41) is 4.08. The number of methoxy groups -OCH3 is 1. The second kappa shape index (κ2) is 10.1. The van der Waals surface area contributed by atoms with Gasteiger partial charge in [-0.2, -0.15) is 4.98 Å². The Morgan fingerprint density at radius 1 is 1.00 bits per heavy atom. The Bertz CT molecular complexity index is 975. The van der Waals surface area contributed by atoms with Crippen molar-refractivity contribution in [3.8, 4) is 28.6 Å². The molecule has 4 nitrogen and oxygen atoms in total. The third-order valence-electron chi connectivity index (χ3n) is 6.53. The molecule has 0 N–H and O–H groups in total. The van der Waals surface area contributed by atoms with Crippen molar-refractivity contribution in [2.45, 2.75) is 64.2 Å². The van der Waals surface area contributed by atoms with E-state index in [1.54, 1.807) is 12.1 Å². The summed E-state index contributed by atoms with van der Waals surface area (Å²) in [6.07, 6.45) is 10.7. The molecular weight excluding hydrogens is 391 g/mol. The SMILES string of the molecule is CCCCCC1CCC(c2ccc(-c3noc(-c4ccc(OC)c(F)c4)n3)cc2)CC1. The smallest absolute Gasteiger partial charge is 0.258 e. The van der Waals surface area contributed by atoms with Gasteiger partial charge in [0.15, 0.2) is 11.6 Å². The second-order valence-electron chi connectivity index (χ2n) is 8.61. The fraction of sp³-hybridized carbons (Fsp3) is 0.462. The van der Waals surface area contributed by atoms with Gasteiger partial charge >= 0.3 is 0 Å². The molecule has 1 fully saturated rings. The Morgan fingerprint density at radius 2 is 1.74 bits per heavy atom. The Labute approximate surface area is 183 Å². The number of nitrogens with zero attached hydrogens (tertiary/aromatic N) is 2. The third kappa shape index (κ3) is 5.15. The van der Waals surface area contributed by atoms with Gasteiger partial charge in [-0.05, 0) is 61.3 Å². The van der Waals surface area contributed by atoms with E-state index in [-0.39, 0.29) is 5.75 Å². The van der Waals surface area contributed by atoms with Crippen LogP contribution in [0.25, 0.3) is 22.8 Å². The average Bonchev–Trinajstić information content (AvgIpc) is 3.30. The standard InChI is InChI=1S/C26H31FN2O2/c1-3-4-5-6-18-7-9-19(10-8-18)20-11-13-21(14-12-20)25-28-26(31-29-25)22-15-16-24(30-2)23(27)17-22/h11-19H,3-10H2,1-2H3. The van der Waals surface area contributed by atoms with Crippen molar-refractivity contribution in [3.63, 3.8) is 0 Å². The highest BCUT2D eigenvalue weighted by atomic mass is 19.1. The van der Waals surface area contributed by atoms with Gasteiger partial charge in [-0.1, -0.05) is 62.0 Å². The van der Waals surface area contributed by atoms with E-state index in [0.717, 1.165) is 11.5 Å². The first-order valence-electron chi connectivity index (χ1n) is 11.5. The van der Waals surface area contributed by atoms with Gasteiger partial charge in [-0.15, -0.1) is 0 Å². The van der Waals surface area contributed by atoms with Crippen LogP contribution in [0.4, 0.5) is 4.39 Å². The minimum Gasteiger partial charge on any atom is -0.494 e. The second-order valence-corrected chi connectivity index (χ2v) is 8.61. The molecule has 0 aliphatic heterocycles. The van der Waals surface area contributed by atoms with Crippen LogP contribution in [0.2, 0.25) is 0 Å². The number of aromatic nitrogens is 2. The molecule has 0 bridgehead atoms. The maximum atomic E-state index is 14.0. The van der Waals surface area contributed by atoms with Gasteiger partial charge in [0.05, 0.1) is 7.11 Å². The molecule has 1 aromatic heterocycles. The zero-order valence-corrected chi connectivity index (χ0v) is 18.4. The Morgan fingerprint density at radius 3 is 2.42 bits per heavy atom. The van der Waals surface area contributed by atoms with Crippen LogP contribution in [-0.4, -0.2) is 17.3 Å². The van der Waals surface area contributed by atoms with Crippen molar-refractivity contribution in [3.05, 3.63) is 53.8 Å². The molecule has 0 amide bonds. The molecule has 0 saturated heterocycles. The van der Waals surface area contributed by atoms with Crippen LogP contribution in [-0.2, 0) is 0 Å². The van der Waals surface area contributed by atoms with Crippen molar-refractivity contribution in [1.82, 2.24) is 10.1 Å².